The molecule has 0 atom stereocenters. The van der Waals surface area contributed by atoms with E-state index in [-0.39, 0.29) is 5.56 Å². The van der Waals surface area contributed by atoms with E-state index in [1.807, 2.05) is 32.0 Å². The summed E-state index contributed by atoms with van der Waals surface area (Å²) in [6.07, 6.45) is 3.31. The van der Waals surface area contributed by atoms with Gasteiger partial charge in [0.25, 0.3) is 5.91 Å². The second-order valence-corrected chi connectivity index (χ2v) is 6.16. The molecule has 0 fully saturated rings. The van der Waals surface area contributed by atoms with Crippen molar-refractivity contribution in [3.05, 3.63) is 58.9 Å². The van der Waals surface area contributed by atoms with E-state index >= 15 is 0 Å². The van der Waals surface area contributed by atoms with Crippen LogP contribution in [-0.4, -0.2) is 28.2 Å². The molecule has 8 heteroatoms. The van der Waals surface area contributed by atoms with E-state index in [0.29, 0.717) is 18.2 Å². The zero-order valence-electron chi connectivity index (χ0n) is 15.5. The smallest absolute Gasteiger partial charge is 0.256 e. The van der Waals surface area contributed by atoms with Gasteiger partial charge in [0.15, 0.2) is 5.82 Å². The predicted molar refractivity (Wildman–Crippen MR) is 104 cm³/mol. The third kappa shape index (κ3) is 4.00. The molecule has 3 aromatic rings. The maximum atomic E-state index is 12.0. The van der Waals surface area contributed by atoms with Crippen molar-refractivity contribution in [2.24, 2.45) is 5.73 Å². The molecule has 8 nitrogen and oxygen atoms in total. The summed E-state index contributed by atoms with van der Waals surface area (Å²) in [7, 11) is 1.65. The molecule has 1 amide bonds. The van der Waals surface area contributed by atoms with Crippen molar-refractivity contribution < 1.29 is 9.53 Å². The number of nitrogens with one attached hydrogen (secondary N) is 3. The van der Waals surface area contributed by atoms with Crippen molar-refractivity contribution >= 4 is 23.2 Å². The second kappa shape index (κ2) is 7.77. The first-order valence-electron chi connectivity index (χ1n) is 8.42. The van der Waals surface area contributed by atoms with Gasteiger partial charge in [-0.1, -0.05) is 6.07 Å². The SMILES string of the molecule is COc1cc(C)c(CNc2n[nH]c(Nc3cccnc3)c2C(N)=O)cc1C. The van der Waals surface area contributed by atoms with Crippen LogP contribution < -0.4 is 21.1 Å². The van der Waals surface area contributed by atoms with Gasteiger partial charge in [-0.3, -0.25) is 14.9 Å². The van der Waals surface area contributed by atoms with Gasteiger partial charge >= 0.3 is 0 Å². The number of hydrogen-bond donors (Lipinski definition) is 4. The number of rotatable bonds is 7. The largest absolute Gasteiger partial charge is 0.496 e. The Balaban J connectivity index is 1.81. The highest BCUT2D eigenvalue weighted by atomic mass is 16.5. The van der Waals surface area contributed by atoms with Crippen LogP contribution in [-0.2, 0) is 6.54 Å². The average molecular weight is 366 g/mol. The van der Waals surface area contributed by atoms with Gasteiger partial charge < -0.3 is 21.1 Å². The number of aromatic amines is 1. The van der Waals surface area contributed by atoms with Crippen molar-refractivity contribution in [3.63, 3.8) is 0 Å². The number of aryl methyl sites for hydroxylation is 2. The molecule has 0 bridgehead atoms. The van der Waals surface area contributed by atoms with Crippen LogP contribution >= 0.6 is 0 Å². The molecule has 1 aromatic carbocycles. The van der Waals surface area contributed by atoms with Gasteiger partial charge in [-0.05, 0) is 48.7 Å². The first-order valence-corrected chi connectivity index (χ1v) is 8.42. The molecule has 0 saturated carbocycles. The van der Waals surface area contributed by atoms with Crippen molar-refractivity contribution in [1.29, 1.82) is 0 Å². The highest BCUT2D eigenvalue weighted by Gasteiger charge is 2.19. The molecule has 0 aliphatic heterocycles. The van der Waals surface area contributed by atoms with Crippen LogP contribution in [0.5, 0.6) is 5.75 Å². The Morgan fingerprint density at radius 1 is 1.30 bits per heavy atom. The maximum Gasteiger partial charge on any atom is 0.256 e. The number of primary amides is 1. The maximum absolute atomic E-state index is 12.0. The number of amides is 1. The number of aromatic nitrogens is 3. The zero-order chi connectivity index (χ0) is 19.4. The predicted octanol–water partition coefficient (Wildman–Crippen LogP) is 2.88. The lowest BCUT2D eigenvalue weighted by Crippen LogP contribution is -2.15. The molecule has 0 radical (unpaired) electrons. The lowest BCUT2D eigenvalue weighted by atomic mass is 10.0. The lowest BCUT2D eigenvalue weighted by molar-refractivity contribution is 0.100. The Labute approximate surface area is 157 Å². The number of ether oxygens (including phenoxy) is 1. The van der Waals surface area contributed by atoms with E-state index in [9.17, 15) is 4.79 Å². The van der Waals surface area contributed by atoms with Crippen LogP contribution in [0.1, 0.15) is 27.0 Å². The molecular weight excluding hydrogens is 344 g/mol. The summed E-state index contributed by atoms with van der Waals surface area (Å²) < 4.78 is 5.34. The van der Waals surface area contributed by atoms with Gasteiger partial charge in [-0.25, -0.2) is 0 Å². The van der Waals surface area contributed by atoms with Crippen LogP contribution in [0.15, 0.2) is 36.7 Å². The Morgan fingerprint density at radius 2 is 2.11 bits per heavy atom. The van der Waals surface area contributed by atoms with E-state index in [0.717, 1.165) is 28.1 Å². The topological polar surface area (TPSA) is 118 Å². The molecule has 0 unspecified atom stereocenters. The zero-order valence-corrected chi connectivity index (χ0v) is 15.5. The molecule has 27 heavy (non-hydrogen) atoms. The summed E-state index contributed by atoms with van der Waals surface area (Å²) >= 11 is 0. The van der Waals surface area contributed by atoms with E-state index in [1.54, 1.807) is 25.6 Å². The quantitative estimate of drug-likeness (QED) is 0.511. The minimum Gasteiger partial charge on any atom is -0.496 e. The summed E-state index contributed by atoms with van der Waals surface area (Å²) in [4.78, 5) is 16.0. The number of anilines is 3. The number of carbonyl (C=O) groups excluding carboxylic acids is 1. The van der Waals surface area contributed by atoms with Gasteiger partial charge in [0, 0.05) is 12.7 Å². The fraction of sp³-hybridized carbons (Fsp3) is 0.211. The van der Waals surface area contributed by atoms with E-state index in [1.165, 1.54) is 0 Å². The summed E-state index contributed by atoms with van der Waals surface area (Å²) in [6, 6.07) is 7.65. The summed E-state index contributed by atoms with van der Waals surface area (Å²) in [5.74, 6) is 1.07. The number of H-pyrrole nitrogens is 1. The molecule has 2 aromatic heterocycles. The van der Waals surface area contributed by atoms with Gasteiger partial charge in [-0.2, -0.15) is 5.10 Å². The number of pyridine rings is 1. The summed E-state index contributed by atoms with van der Waals surface area (Å²) in [6.45, 7) is 4.49. The first kappa shape index (κ1) is 18.2. The Kier molecular flexibility index (Phi) is 5.25. The summed E-state index contributed by atoms with van der Waals surface area (Å²) in [5, 5.41) is 13.3. The van der Waals surface area contributed by atoms with Crippen LogP contribution in [0.4, 0.5) is 17.3 Å². The monoisotopic (exact) mass is 366 g/mol. The average Bonchev–Trinajstić information content (AvgIpc) is 3.05. The van der Waals surface area contributed by atoms with Gasteiger partial charge in [0.05, 0.1) is 19.0 Å². The van der Waals surface area contributed by atoms with Gasteiger partial charge in [0.1, 0.15) is 17.1 Å². The van der Waals surface area contributed by atoms with Gasteiger partial charge in [0.2, 0.25) is 0 Å². The molecular formula is C19H22N6O2. The van der Waals surface area contributed by atoms with Crippen molar-refractivity contribution in [1.82, 2.24) is 15.2 Å². The molecule has 0 aliphatic rings. The van der Waals surface area contributed by atoms with E-state index in [2.05, 4.69) is 25.8 Å². The molecule has 3 rings (SSSR count). The third-order valence-electron chi connectivity index (χ3n) is 4.24. The number of benzene rings is 1. The number of carbonyl (C=O) groups is 1. The molecule has 0 spiro atoms. The van der Waals surface area contributed by atoms with Crippen molar-refractivity contribution in [2.45, 2.75) is 20.4 Å². The minimum absolute atomic E-state index is 0.265. The third-order valence-corrected chi connectivity index (χ3v) is 4.24. The van der Waals surface area contributed by atoms with Crippen LogP contribution in [0.2, 0.25) is 0 Å². The summed E-state index contributed by atoms with van der Waals surface area (Å²) in [5.41, 5.74) is 9.74. The molecule has 0 saturated heterocycles. The number of hydrogen-bond acceptors (Lipinski definition) is 6. The fourth-order valence-corrected chi connectivity index (χ4v) is 2.82. The number of nitrogens with zero attached hydrogens (tertiary/aromatic N) is 2. The number of nitrogens with two attached hydrogens (primary N) is 1. The van der Waals surface area contributed by atoms with Crippen LogP contribution in [0.3, 0.4) is 0 Å². The Bertz CT molecular complexity index is 952. The van der Waals surface area contributed by atoms with E-state index in [4.69, 9.17) is 10.5 Å². The van der Waals surface area contributed by atoms with Crippen molar-refractivity contribution in [3.8, 4) is 5.75 Å². The van der Waals surface area contributed by atoms with E-state index < -0.39 is 5.91 Å². The molecule has 140 valence electrons. The van der Waals surface area contributed by atoms with Crippen LogP contribution in [0.25, 0.3) is 0 Å². The normalized spacial score (nSPS) is 10.5. The molecule has 5 N–H and O–H groups in total. The standard InChI is InChI=1S/C19H22N6O2/c1-11-8-15(27-3)12(2)7-13(11)9-22-18-16(17(20)26)19(25-24-18)23-14-5-4-6-21-10-14/h4-8,10H,9H2,1-3H3,(H2,20,26)(H3,22,23,24,25). The second-order valence-electron chi connectivity index (χ2n) is 6.16. The highest BCUT2D eigenvalue weighted by molar-refractivity contribution is 6.03. The number of methoxy groups -OCH3 is 1. The van der Waals surface area contributed by atoms with Crippen molar-refractivity contribution in [2.75, 3.05) is 17.7 Å². The first-order chi connectivity index (χ1) is 13.0. The molecule has 2 heterocycles. The minimum atomic E-state index is -0.583. The highest BCUT2D eigenvalue weighted by Crippen LogP contribution is 2.26. The van der Waals surface area contributed by atoms with Gasteiger partial charge in [-0.15, -0.1) is 0 Å². The Morgan fingerprint density at radius 3 is 2.78 bits per heavy atom. The Hall–Kier alpha value is -3.55. The lowest BCUT2D eigenvalue weighted by Gasteiger charge is -2.12. The fourth-order valence-electron chi connectivity index (χ4n) is 2.82. The molecule has 0 aliphatic carbocycles. The van der Waals surface area contributed by atoms with Crippen LogP contribution in [0, 0.1) is 13.8 Å².